The first kappa shape index (κ1) is 22.0. The quantitative estimate of drug-likeness (QED) is 0.559. The van der Waals surface area contributed by atoms with Crippen molar-refractivity contribution in [3.05, 3.63) is 96.1 Å². The first-order valence-electron chi connectivity index (χ1n) is 10.4. The number of para-hydroxylation sites is 1. The Morgan fingerprint density at radius 2 is 1.56 bits per heavy atom. The maximum absolute atomic E-state index is 13.1. The molecule has 0 atom stereocenters. The second-order valence-corrected chi connectivity index (χ2v) is 9.33. The van der Waals surface area contributed by atoms with E-state index in [0.717, 1.165) is 11.3 Å². The number of amides is 1. The molecule has 1 heterocycles. The Bertz CT molecular complexity index is 1150. The van der Waals surface area contributed by atoms with Crippen molar-refractivity contribution in [2.45, 2.75) is 11.4 Å². The van der Waals surface area contributed by atoms with Gasteiger partial charge in [-0.1, -0.05) is 54.6 Å². The Morgan fingerprint density at radius 1 is 0.906 bits per heavy atom. The van der Waals surface area contributed by atoms with E-state index in [1.807, 2.05) is 60.7 Å². The van der Waals surface area contributed by atoms with Gasteiger partial charge < -0.3 is 4.74 Å². The van der Waals surface area contributed by atoms with Gasteiger partial charge in [0.15, 0.2) is 0 Å². The van der Waals surface area contributed by atoms with E-state index in [9.17, 15) is 13.2 Å². The second-order valence-electron chi connectivity index (χ2n) is 7.39. The number of morpholine rings is 1. The van der Waals surface area contributed by atoms with Crippen molar-refractivity contribution in [2.75, 3.05) is 31.3 Å². The van der Waals surface area contributed by atoms with Crippen molar-refractivity contribution < 1.29 is 17.9 Å². The molecular formula is C24H25N3O4S. The minimum atomic E-state index is -3.69. The molecule has 0 aromatic heterocycles. The third-order valence-electron chi connectivity index (χ3n) is 5.19. The summed E-state index contributed by atoms with van der Waals surface area (Å²) in [5.41, 5.74) is 5.04. The Labute approximate surface area is 188 Å². The molecule has 1 N–H and O–H groups in total. The van der Waals surface area contributed by atoms with Crippen molar-refractivity contribution in [3.63, 3.8) is 0 Å². The average Bonchev–Trinajstić information content (AvgIpc) is 2.85. The Hall–Kier alpha value is -3.20. The maximum atomic E-state index is 13.1. The van der Waals surface area contributed by atoms with Crippen molar-refractivity contribution in [1.82, 2.24) is 9.73 Å². The van der Waals surface area contributed by atoms with E-state index >= 15 is 0 Å². The van der Waals surface area contributed by atoms with Gasteiger partial charge in [-0.25, -0.2) is 8.42 Å². The molecule has 166 valence electrons. The van der Waals surface area contributed by atoms with Crippen LogP contribution in [0.25, 0.3) is 0 Å². The SMILES string of the molecule is O=C(NN(Cc1ccccc1)c1ccccc1)c1cccc(S(=O)(=O)N2CCOCC2)c1. The topological polar surface area (TPSA) is 79.0 Å². The van der Waals surface area contributed by atoms with Crippen LogP contribution in [0.4, 0.5) is 5.69 Å². The number of ether oxygens (including phenoxy) is 1. The normalized spacial score (nSPS) is 14.6. The molecule has 3 aromatic carbocycles. The van der Waals surface area contributed by atoms with Crippen LogP contribution in [0.15, 0.2) is 89.8 Å². The second kappa shape index (κ2) is 9.95. The Morgan fingerprint density at radius 3 is 2.25 bits per heavy atom. The fourth-order valence-corrected chi connectivity index (χ4v) is 4.94. The number of hydrazine groups is 1. The standard InChI is InChI=1S/C24H25N3O4S/c28-24(21-10-7-13-23(18-21)32(29,30)26-14-16-31-17-15-26)25-27(22-11-5-2-6-12-22)19-20-8-3-1-4-9-20/h1-13,18H,14-17,19H2,(H,25,28). The molecule has 4 rings (SSSR count). The van der Waals surface area contributed by atoms with Gasteiger partial charge in [0.05, 0.1) is 30.3 Å². The summed E-state index contributed by atoms with van der Waals surface area (Å²) in [6, 6.07) is 25.4. The molecule has 0 saturated carbocycles. The van der Waals surface area contributed by atoms with Gasteiger partial charge in [0.1, 0.15) is 0 Å². The molecule has 8 heteroatoms. The number of nitrogens with one attached hydrogen (secondary N) is 1. The molecule has 7 nitrogen and oxygen atoms in total. The van der Waals surface area contributed by atoms with Gasteiger partial charge in [-0.3, -0.25) is 15.2 Å². The van der Waals surface area contributed by atoms with Crippen LogP contribution >= 0.6 is 0 Å². The average molecular weight is 452 g/mol. The van der Waals surface area contributed by atoms with Crippen LogP contribution in [0.3, 0.4) is 0 Å². The largest absolute Gasteiger partial charge is 0.379 e. The third-order valence-corrected chi connectivity index (χ3v) is 7.09. The summed E-state index contributed by atoms with van der Waals surface area (Å²) >= 11 is 0. The first-order valence-corrected chi connectivity index (χ1v) is 11.8. The minimum Gasteiger partial charge on any atom is -0.379 e. The van der Waals surface area contributed by atoms with Gasteiger partial charge in [-0.2, -0.15) is 4.31 Å². The predicted octanol–water partition coefficient (Wildman–Crippen LogP) is 3.06. The maximum Gasteiger partial charge on any atom is 0.269 e. The Kier molecular flexibility index (Phi) is 6.84. The van der Waals surface area contributed by atoms with Gasteiger partial charge >= 0.3 is 0 Å². The van der Waals surface area contributed by atoms with E-state index in [0.29, 0.717) is 32.8 Å². The molecule has 1 aliphatic heterocycles. The van der Waals surface area contributed by atoms with Crippen molar-refractivity contribution in [3.8, 4) is 0 Å². The van der Waals surface area contributed by atoms with E-state index in [-0.39, 0.29) is 16.4 Å². The lowest BCUT2D eigenvalue weighted by atomic mass is 10.2. The zero-order chi connectivity index (χ0) is 22.4. The molecule has 3 aromatic rings. The molecule has 0 unspecified atom stereocenters. The number of anilines is 1. The first-order chi connectivity index (χ1) is 15.5. The number of carbonyl (C=O) groups is 1. The van der Waals surface area contributed by atoms with Gasteiger partial charge in [0, 0.05) is 18.7 Å². The molecule has 0 radical (unpaired) electrons. The zero-order valence-electron chi connectivity index (χ0n) is 17.6. The highest BCUT2D eigenvalue weighted by Gasteiger charge is 2.27. The van der Waals surface area contributed by atoms with E-state index in [1.165, 1.54) is 16.4 Å². The summed E-state index contributed by atoms with van der Waals surface area (Å²) in [5.74, 6) is -0.385. The van der Waals surface area contributed by atoms with Crippen LogP contribution in [0.5, 0.6) is 0 Å². The van der Waals surface area contributed by atoms with Crippen LogP contribution in [-0.2, 0) is 21.3 Å². The number of sulfonamides is 1. The van der Waals surface area contributed by atoms with Crippen LogP contribution in [0.1, 0.15) is 15.9 Å². The lowest BCUT2D eigenvalue weighted by Gasteiger charge is -2.27. The highest BCUT2D eigenvalue weighted by molar-refractivity contribution is 7.89. The van der Waals surface area contributed by atoms with Crippen LogP contribution in [0.2, 0.25) is 0 Å². The summed E-state index contributed by atoms with van der Waals surface area (Å²) in [7, 11) is -3.69. The van der Waals surface area contributed by atoms with Crippen molar-refractivity contribution in [2.24, 2.45) is 0 Å². The molecule has 1 saturated heterocycles. The molecule has 0 aliphatic carbocycles. The number of hydrogen-bond donors (Lipinski definition) is 1. The molecule has 0 spiro atoms. The molecule has 32 heavy (non-hydrogen) atoms. The minimum absolute atomic E-state index is 0.0985. The highest BCUT2D eigenvalue weighted by atomic mass is 32.2. The molecule has 0 bridgehead atoms. The fourth-order valence-electron chi connectivity index (χ4n) is 3.49. The number of carbonyl (C=O) groups excluding carboxylic acids is 1. The highest BCUT2D eigenvalue weighted by Crippen LogP contribution is 2.19. The monoisotopic (exact) mass is 451 g/mol. The van der Waals surface area contributed by atoms with E-state index in [1.54, 1.807) is 17.1 Å². The lowest BCUT2D eigenvalue weighted by molar-refractivity contribution is 0.0730. The molecular weight excluding hydrogens is 426 g/mol. The van der Waals surface area contributed by atoms with Gasteiger partial charge in [-0.05, 0) is 35.9 Å². The predicted molar refractivity (Wildman–Crippen MR) is 123 cm³/mol. The van der Waals surface area contributed by atoms with Crippen LogP contribution in [0, 0.1) is 0 Å². The van der Waals surface area contributed by atoms with E-state index < -0.39 is 10.0 Å². The van der Waals surface area contributed by atoms with Gasteiger partial charge in [0.25, 0.3) is 5.91 Å². The number of rotatable bonds is 7. The van der Waals surface area contributed by atoms with Crippen molar-refractivity contribution >= 4 is 21.6 Å². The van der Waals surface area contributed by atoms with Crippen LogP contribution < -0.4 is 10.4 Å². The van der Waals surface area contributed by atoms with Gasteiger partial charge in [0.2, 0.25) is 10.0 Å². The molecule has 1 aliphatic rings. The lowest BCUT2D eigenvalue weighted by Crippen LogP contribution is -2.42. The van der Waals surface area contributed by atoms with E-state index in [4.69, 9.17) is 4.74 Å². The number of hydrogen-bond acceptors (Lipinski definition) is 5. The number of benzene rings is 3. The Balaban J connectivity index is 1.56. The summed E-state index contributed by atoms with van der Waals surface area (Å²) < 4.78 is 32.6. The van der Waals surface area contributed by atoms with Crippen LogP contribution in [-0.4, -0.2) is 44.9 Å². The summed E-state index contributed by atoms with van der Waals surface area (Å²) in [6.45, 7) is 1.80. The van der Waals surface area contributed by atoms with E-state index in [2.05, 4.69) is 5.43 Å². The smallest absolute Gasteiger partial charge is 0.269 e. The molecule has 1 fully saturated rings. The fraction of sp³-hybridized carbons (Fsp3) is 0.208. The molecule has 1 amide bonds. The summed E-state index contributed by atoms with van der Waals surface area (Å²) in [5, 5.41) is 1.75. The third kappa shape index (κ3) is 5.16. The van der Waals surface area contributed by atoms with Crippen molar-refractivity contribution in [1.29, 1.82) is 0 Å². The summed E-state index contributed by atoms with van der Waals surface area (Å²) in [6.07, 6.45) is 0. The number of nitrogens with zero attached hydrogens (tertiary/aromatic N) is 2. The summed E-state index contributed by atoms with van der Waals surface area (Å²) in [4.78, 5) is 13.2. The zero-order valence-corrected chi connectivity index (χ0v) is 18.4. The van der Waals surface area contributed by atoms with Gasteiger partial charge in [-0.15, -0.1) is 0 Å².